The third-order valence-corrected chi connectivity index (χ3v) is 5.41. The van der Waals surface area contributed by atoms with Crippen molar-refractivity contribution in [1.29, 1.82) is 0 Å². The van der Waals surface area contributed by atoms with Crippen molar-refractivity contribution in [2.24, 2.45) is 0 Å². The average Bonchev–Trinajstić information content (AvgIpc) is 2.62. The average molecular weight is 344 g/mol. The summed E-state index contributed by atoms with van der Waals surface area (Å²) in [6.07, 6.45) is 1.86. The molecule has 2 N–H and O–H groups in total. The second-order valence-electron chi connectivity index (χ2n) is 5.87. The Bertz CT molecular complexity index is 674. The Balaban J connectivity index is 1.79. The fourth-order valence-electron chi connectivity index (χ4n) is 2.81. The van der Waals surface area contributed by atoms with Crippen molar-refractivity contribution in [2.45, 2.75) is 29.0 Å². The van der Waals surface area contributed by atoms with Gasteiger partial charge in [-0.2, -0.15) is 0 Å². The van der Waals surface area contributed by atoms with Crippen LogP contribution in [0.4, 0.5) is 4.39 Å². The first kappa shape index (κ1) is 17.0. The van der Waals surface area contributed by atoms with Crippen LogP contribution in [0.3, 0.4) is 0 Å². The first-order valence-corrected chi connectivity index (χ1v) is 9.09. The summed E-state index contributed by atoms with van der Waals surface area (Å²) in [7, 11) is 0. The lowest BCUT2D eigenvalue weighted by atomic mass is 10.1. The van der Waals surface area contributed by atoms with Gasteiger partial charge in [-0.05, 0) is 43.6 Å². The fraction of sp³-hybridized carbons (Fsp3) is 0.316. The zero-order valence-electron chi connectivity index (χ0n) is 13.4. The van der Waals surface area contributed by atoms with Crippen LogP contribution in [-0.2, 0) is 4.79 Å². The van der Waals surface area contributed by atoms with Gasteiger partial charge in [0, 0.05) is 10.9 Å². The lowest BCUT2D eigenvalue weighted by molar-refractivity contribution is -0.121. The molecule has 0 saturated carbocycles. The van der Waals surface area contributed by atoms with E-state index in [4.69, 9.17) is 0 Å². The zero-order chi connectivity index (χ0) is 16.8. The van der Waals surface area contributed by atoms with Crippen molar-refractivity contribution in [1.82, 2.24) is 10.6 Å². The van der Waals surface area contributed by atoms with Gasteiger partial charge in [-0.15, -0.1) is 11.8 Å². The van der Waals surface area contributed by atoms with E-state index in [2.05, 4.69) is 10.6 Å². The van der Waals surface area contributed by atoms with Crippen molar-refractivity contribution in [2.75, 3.05) is 13.1 Å². The van der Waals surface area contributed by atoms with E-state index in [0.717, 1.165) is 31.5 Å². The number of nitrogens with one attached hydrogen (secondary N) is 2. The highest BCUT2D eigenvalue weighted by molar-refractivity contribution is 8.00. The van der Waals surface area contributed by atoms with Gasteiger partial charge in [-0.3, -0.25) is 4.79 Å². The van der Waals surface area contributed by atoms with E-state index >= 15 is 0 Å². The van der Waals surface area contributed by atoms with Gasteiger partial charge in [0.1, 0.15) is 11.1 Å². The zero-order valence-corrected chi connectivity index (χ0v) is 14.2. The quantitative estimate of drug-likeness (QED) is 0.816. The van der Waals surface area contributed by atoms with Crippen molar-refractivity contribution in [3.8, 4) is 0 Å². The summed E-state index contributed by atoms with van der Waals surface area (Å²) in [5.41, 5.74) is 0.886. The highest BCUT2D eigenvalue weighted by Gasteiger charge is 2.25. The number of carbonyl (C=O) groups excluding carboxylic acids is 1. The fourth-order valence-corrected chi connectivity index (χ4v) is 3.87. The Kier molecular flexibility index (Phi) is 5.88. The minimum Gasteiger partial charge on any atom is -0.352 e. The Morgan fingerprint density at radius 3 is 2.46 bits per heavy atom. The third kappa shape index (κ3) is 4.36. The molecule has 1 aliphatic heterocycles. The molecule has 1 aliphatic rings. The second-order valence-corrected chi connectivity index (χ2v) is 7.02. The highest BCUT2D eigenvalue weighted by atomic mass is 32.2. The normalized spacial score (nSPS) is 16.5. The molecule has 24 heavy (non-hydrogen) atoms. The van der Waals surface area contributed by atoms with Gasteiger partial charge < -0.3 is 10.6 Å². The smallest absolute Gasteiger partial charge is 0.238 e. The van der Waals surface area contributed by atoms with Gasteiger partial charge in [-0.1, -0.05) is 42.5 Å². The molecule has 3 nitrogen and oxygen atoms in total. The molecule has 0 radical (unpaired) electrons. The molecule has 126 valence electrons. The molecule has 1 saturated heterocycles. The first-order valence-electron chi connectivity index (χ1n) is 8.21. The Hall–Kier alpha value is -1.85. The molecular formula is C19H21FN2OS. The molecule has 2 aromatic rings. The number of thioether (sulfide) groups is 1. The summed E-state index contributed by atoms with van der Waals surface area (Å²) >= 11 is 1.26. The number of carbonyl (C=O) groups is 1. The Morgan fingerprint density at radius 2 is 1.75 bits per heavy atom. The van der Waals surface area contributed by atoms with Gasteiger partial charge in [0.2, 0.25) is 5.91 Å². The minimum absolute atomic E-state index is 0.0543. The predicted octanol–water partition coefficient (Wildman–Crippen LogP) is 3.53. The van der Waals surface area contributed by atoms with Gasteiger partial charge in [0.05, 0.1) is 0 Å². The molecule has 0 aromatic heterocycles. The number of halogens is 1. The largest absolute Gasteiger partial charge is 0.352 e. The number of benzene rings is 2. The monoisotopic (exact) mass is 344 g/mol. The molecule has 0 bridgehead atoms. The van der Waals surface area contributed by atoms with E-state index in [0.29, 0.717) is 4.90 Å². The van der Waals surface area contributed by atoms with Crippen LogP contribution >= 0.6 is 11.8 Å². The number of rotatable bonds is 5. The number of piperidine rings is 1. The lowest BCUT2D eigenvalue weighted by Crippen LogP contribution is -2.44. The number of hydrogen-bond donors (Lipinski definition) is 2. The van der Waals surface area contributed by atoms with Crippen LogP contribution in [0.15, 0.2) is 59.5 Å². The summed E-state index contributed by atoms with van der Waals surface area (Å²) in [4.78, 5) is 13.3. The maximum atomic E-state index is 14.0. The molecule has 0 aliphatic carbocycles. The van der Waals surface area contributed by atoms with E-state index in [9.17, 15) is 9.18 Å². The van der Waals surface area contributed by atoms with Crippen LogP contribution in [0.5, 0.6) is 0 Å². The highest BCUT2D eigenvalue weighted by Crippen LogP contribution is 2.36. The molecular weight excluding hydrogens is 323 g/mol. The van der Waals surface area contributed by atoms with Gasteiger partial charge >= 0.3 is 0 Å². The molecule has 1 amide bonds. The van der Waals surface area contributed by atoms with Crippen molar-refractivity contribution in [3.05, 3.63) is 66.0 Å². The van der Waals surface area contributed by atoms with E-state index in [-0.39, 0.29) is 17.8 Å². The Labute approximate surface area is 146 Å². The second kappa shape index (κ2) is 8.31. The van der Waals surface area contributed by atoms with Crippen LogP contribution in [0.25, 0.3) is 0 Å². The standard InChI is InChI=1S/C19H21FN2OS/c20-16-8-4-5-9-17(16)24-18(14-6-2-1-3-7-14)19(23)22-15-10-12-21-13-11-15/h1-9,15,18,21H,10-13H2,(H,22,23). The maximum absolute atomic E-state index is 14.0. The molecule has 2 aromatic carbocycles. The molecule has 1 unspecified atom stereocenters. The third-order valence-electron chi connectivity index (χ3n) is 4.11. The number of hydrogen-bond acceptors (Lipinski definition) is 3. The summed E-state index contributed by atoms with van der Waals surface area (Å²) in [6.45, 7) is 1.84. The molecule has 1 fully saturated rings. The summed E-state index contributed by atoms with van der Waals surface area (Å²) in [5.74, 6) is -0.348. The van der Waals surface area contributed by atoms with Gasteiger partial charge in [0.25, 0.3) is 0 Å². The topological polar surface area (TPSA) is 41.1 Å². The maximum Gasteiger partial charge on any atom is 0.238 e. The summed E-state index contributed by atoms with van der Waals surface area (Å²) in [6, 6.07) is 16.3. The van der Waals surface area contributed by atoms with Crippen LogP contribution in [0.2, 0.25) is 0 Å². The van der Waals surface area contributed by atoms with Crippen LogP contribution < -0.4 is 10.6 Å². The van der Waals surface area contributed by atoms with E-state index in [1.807, 2.05) is 30.3 Å². The summed E-state index contributed by atoms with van der Waals surface area (Å²) < 4.78 is 14.0. The lowest BCUT2D eigenvalue weighted by Gasteiger charge is -2.26. The molecule has 1 atom stereocenters. The van der Waals surface area contributed by atoms with Crippen molar-refractivity contribution in [3.63, 3.8) is 0 Å². The van der Waals surface area contributed by atoms with Crippen LogP contribution in [-0.4, -0.2) is 25.0 Å². The van der Waals surface area contributed by atoms with Gasteiger partial charge in [-0.25, -0.2) is 4.39 Å². The van der Waals surface area contributed by atoms with E-state index in [1.54, 1.807) is 18.2 Å². The number of amides is 1. The minimum atomic E-state index is -0.460. The molecule has 5 heteroatoms. The van der Waals surface area contributed by atoms with Crippen molar-refractivity contribution >= 4 is 17.7 Å². The molecule has 0 spiro atoms. The Morgan fingerprint density at radius 1 is 1.08 bits per heavy atom. The van der Waals surface area contributed by atoms with Crippen LogP contribution in [0.1, 0.15) is 23.7 Å². The van der Waals surface area contributed by atoms with Crippen molar-refractivity contribution < 1.29 is 9.18 Å². The molecule has 3 rings (SSSR count). The molecule has 1 heterocycles. The van der Waals surface area contributed by atoms with Gasteiger partial charge in [0.15, 0.2) is 0 Å². The predicted molar refractivity (Wildman–Crippen MR) is 95.5 cm³/mol. The van der Waals surface area contributed by atoms with E-state index in [1.165, 1.54) is 17.8 Å². The van der Waals surface area contributed by atoms with Crippen LogP contribution in [0, 0.1) is 5.82 Å². The SMILES string of the molecule is O=C(NC1CCNCC1)C(Sc1ccccc1F)c1ccccc1. The van der Waals surface area contributed by atoms with E-state index < -0.39 is 5.25 Å². The first-order chi connectivity index (χ1) is 11.7. The summed E-state index contributed by atoms with van der Waals surface area (Å²) in [5, 5.41) is 5.96.